The van der Waals surface area contributed by atoms with Crippen LogP contribution in [0.3, 0.4) is 0 Å². The Labute approximate surface area is 87.2 Å². The molecule has 0 aromatic rings. The second-order valence-electron chi connectivity index (χ2n) is 4.07. The lowest BCUT2D eigenvalue weighted by Gasteiger charge is -2.23. The van der Waals surface area contributed by atoms with Crippen LogP contribution in [-0.2, 0) is 9.47 Å². The Morgan fingerprint density at radius 3 is 2.86 bits per heavy atom. The fourth-order valence-electron chi connectivity index (χ4n) is 1.89. The van der Waals surface area contributed by atoms with E-state index in [0.717, 1.165) is 32.7 Å². The molecule has 14 heavy (non-hydrogen) atoms. The summed E-state index contributed by atoms with van der Waals surface area (Å²) in [6.07, 6.45) is 2.56. The maximum Gasteiger partial charge on any atom is 0.0699 e. The Morgan fingerprint density at radius 2 is 2.36 bits per heavy atom. The van der Waals surface area contributed by atoms with Crippen molar-refractivity contribution < 1.29 is 9.47 Å². The molecule has 0 bridgehead atoms. The van der Waals surface area contributed by atoms with Crippen LogP contribution in [0.1, 0.15) is 26.7 Å². The molecule has 0 saturated carbocycles. The zero-order chi connectivity index (χ0) is 10.4. The smallest absolute Gasteiger partial charge is 0.0699 e. The molecule has 1 fully saturated rings. The summed E-state index contributed by atoms with van der Waals surface area (Å²) in [5.74, 6) is 0.617. The van der Waals surface area contributed by atoms with Crippen LogP contribution in [0.15, 0.2) is 0 Å². The summed E-state index contributed by atoms with van der Waals surface area (Å²) in [6, 6.07) is 0.470. The second-order valence-corrected chi connectivity index (χ2v) is 4.07. The number of rotatable bonds is 6. The number of hydrogen-bond acceptors (Lipinski definition) is 3. The van der Waals surface area contributed by atoms with E-state index in [1.165, 1.54) is 0 Å². The highest BCUT2D eigenvalue weighted by molar-refractivity contribution is 4.71. The van der Waals surface area contributed by atoms with Gasteiger partial charge in [-0.05, 0) is 26.8 Å². The fourth-order valence-corrected chi connectivity index (χ4v) is 1.89. The molecule has 3 unspecified atom stereocenters. The van der Waals surface area contributed by atoms with Crippen LogP contribution < -0.4 is 5.32 Å². The van der Waals surface area contributed by atoms with E-state index < -0.39 is 0 Å². The van der Waals surface area contributed by atoms with E-state index in [-0.39, 0.29) is 0 Å². The van der Waals surface area contributed by atoms with Crippen molar-refractivity contribution in [2.75, 3.05) is 26.9 Å². The predicted molar refractivity (Wildman–Crippen MR) is 57.5 cm³/mol. The first-order valence-corrected chi connectivity index (χ1v) is 5.64. The van der Waals surface area contributed by atoms with Crippen molar-refractivity contribution >= 4 is 0 Å². The quantitative estimate of drug-likeness (QED) is 0.705. The first-order valence-electron chi connectivity index (χ1n) is 5.64. The third-order valence-corrected chi connectivity index (χ3v) is 3.00. The van der Waals surface area contributed by atoms with E-state index in [0.29, 0.717) is 18.1 Å². The number of nitrogens with one attached hydrogen (secondary N) is 1. The molecule has 0 spiro atoms. The molecule has 0 radical (unpaired) electrons. The van der Waals surface area contributed by atoms with Crippen LogP contribution in [0.25, 0.3) is 0 Å². The molecule has 3 heteroatoms. The van der Waals surface area contributed by atoms with Crippen LogP contribution in [-0.4, -0.2) is 39.0 Å². The molecule has 0 amide bonds. The highest BCUT2D eigenvalue weighted by Gasteiger charge is 2.19. The summed E-state index contributed by atoms with van der Waals surface area (Å²) < 4.78 is 11.1. The lowest BCUT2D eigenvalue weighted by atomic mass is 10.1. The third-order valence-electron chi connectivity index (χ3n) is 3.00. The van der Waals surface area contributed by atoms with Gasteiger partial charge in [-0.2, -0.15) is 0 Å². The minimum absolute atomic E-state index is 0.297. The van der Waals surface area contributed by atoms with Crippen LogP contribution in [0.4, 0.5) is 0 Å². The van der Waals surface area contributed by atoms with Gasteiger partial charge in [-0.3, -0.25) is 0 Å². The summed E-state index contributed by atoms with van der Waals surface area (Å²) >= 11 is 0. The van der Waals surface area contributed by atoms with Gasteiger partial charge < -0.3 is 14.8 Å². The summed E-state index contributed by atoms with van der Waals surface area (Å²) in [5, 5.41) is 3.27. The van der Waals surface area contributed by atoms with Gasteiger partial charge in [-0.1, -0.05) is 6.92 Å². The summed E-state index contributed by atoms with van der Waals surface area (Å²) in [5.41, 5.74) is 0. The Hall–Kier alpha value is -0.120. The Kier molecular flexibility index (Phi) is 5.45. The van der Waals surface area contributed by atoms with E-state index in [2.05, 4.69) is 19.2 Å². The molecule has 1 N–H and O–H groups in total. The van der Waals surface area contributed by atoms with E-state index in [9.17, 15) is 0 Å². The third kappa shape index (κ3) is 3.56. The van der Waals surface area contributed by atoms with Crippen molar-refractivity contribution in [1.29, 1.82) is 0 Å². The van der Waals surface area contributed by atoms with Crippen molar-refractivity contribution in [3.63, 3.8) is 0 Å². The molecular formula is C11H23NO2. The van der Waals surface area contributed by atoms with Gasteiger partial charge in [0.1, 0.15) is 0 Å². The molecule has 1 rings (SSSR count). The average molecular weight is 201 g/mol. The lowest BCUT2D eigenvalue weighted by Crippen LogP contribution is -2.37. The maximum absolute atomic E-state index is 5.83. The van der Waals surface area contributed by atoms with Crippen molar-refractivity contribution in [2.45, 2.75) is 38.8 Å². The Balaban J connectivity index is 2.15. The van der Waals surface area contributed by atoms with Crippen LogP contribution in [0.5, 0.6) is 0 Å². The van der Waals surface area contributed by atoms with E-state index >= 15 is 0 Å². The molecule has 0 aromatic heterocycles. The zero-order valence-electron chi connectivity index (χ0n) is 9.58. The highest BCUT2D eigenvalue weighted by Crippen LogP contribution is 2.14. The standard InChI is InChI=1S/C11H23NO2/c1-4-11(12-3)9(2)14-8-10-5-6-13-7-10/h9-12H,4-8H2,1-3H3. The topological polar surface area (TPSA) is 30.5 Å². The molecule has 1 heterocycles. The van der Waals surface area contributed by atoms with Crippen LogP contribution in [0.2, 0.25) is 0 Å². The van der Waals surface area contributed by atoms with Crippen molar-refractivity contribution in [3.05, 3.63) is 0 Å². The molecule has 3 atom stereocenters. The van der Waals surface area contributed by atoms with Gasteiger partial charge in [-0.15, -0.1) is 0 Å². The van der Waals surface area contributed by atoms with Gasteiger partial charge in [0.2, 0.25) is 0 Å². The van der Waals surface area contributed by atoms with Crippen molar-refractivity contribution in [2.24, 2.45) is 5.92 Å². The van der Waals surface area contributed by atoms with Gasteiger partial charge in [0.25, 0.3) is 0 Å². The van der Waals surface area contributed by atoms with Crippen LogP contribution in [0, 0.1) is 5.92 Å². The zero-order valence-corrected chi connectivity index (χ0v) is 9.58. The predicted octanol–water partition coefficient (Wildman–Crippen LogP) is 1.43. The normalized spacial score (nSPS) is 26.4. The van der Waals surface area contributed by atoms with E-state index in [4.69, 9.17) is 9.47 Å². The Morgan fingerprint density at radius 1 is 1.57 bits per heavy atom. The molecule has 0 aliphatic carbocycles. The van der Waals surface area contributed by atoms with E-state index in [1.807, 2.05) is 7.05 Å². The average Bonchev–Trinajstić information content (AvgIpc) is 2.69. The lowest BCUT2D eigenvalue weighted by molar-refractivity contribution is 0.0157. The Bertz CT molecular complexity index is 142. The molecule has 84 valence electrons. The highest BCUT2D eigenvalue weighted by atomic mass is 16.5. The summed E-state index contributed by atoms with van der Waals surface area (Å²) in [4.78, 5) is 0. The molecule has 0 aromatic carbocycles. The first kappa shape index (κ1) is 12.0. The van der Waals surface area contributed by atoms with Gasteiger partial charge in [0, 0.05) is 18.6 Å². The van der Waals surface area contributed by atoms with Crippen LogP contribution >= 0.6 is 0 Å². The fraction of sp³-hybridized carbons (Fsp3) is 1.00. The van der Waals surface area contributed by atoms with Gasteiger partial charge >= 0.3 is 0 Å². The monoisotopic (exact) mass is 201 g/mol. The van der Waals surface area contributed by atoms with Crippen molar-refractivity contribution in [1.82, 2.24) is 5.32 Å². The number of ether oxygens (including phenoxy) is 2. The minimum atomic E-state index is 0.297. The maximum atomic E-state index is 5.83. The summed E-state index contributed by atoms with van der Waals surface area (Å²) in [6.45, 7) is 6.95. The van der Waals surface area contributed by atoms with E-state index in [1.54, 1.807) is 0 Å². The first-order chi connectivity index (χ1) is 6.77. The van der Waals surface area contributed by atoms with Crippen molar-refractivity contribution in [3.8, 4) is 0 Å². The molecule has 1 aliphatic rings. The minimum Gasteiger partial charge on any atom is -0.381 e. The van der Waals surface area contributed by atoms with Gasteiger partial charge in [0.05, 0.1) is 19.3 Å². The molecular weight excluding hydrogens is 178 g/mol. The largest absolute Gasteiger partial charge is 0.381 e. The number of likely N-dealkylation sites (N-methyl/N-ethyl adjacent to an activating group) is 1. The van der Waals surface area contributed by atoms with Gasteiger partial charge in [0.15, 0.2) is 0 Å². The number of hydrogen-bond donors (Lipinski definition) is 1. The molecule has 1 saturated heterocycles. The summed E-state index contributed by atoms with van der Waals surface area (Å²) in [7, 11) is 1.99. The van der Waals surface area contributed by atoms with Gasteiger partial charge in [-0.25, -0.2) is 0 Å². The second kappa shape index (κ2) is 6.38. The SMILES string of the molecule is CCC(NC)C(C)OCC1CCOC1. The molecule has 3 nitrogen and oxygen atoms in total. The molecule has 1 aliphatic heterocycles.